The lowest BCUT2D eigenvalue weighted by atomic mass is 9.87. The van der Waals surface area contributed by atoms with Gasteiger partial charge in [-0.15, -0.1) is 0 Å². The van der Waals surface area contributed by atoms with Crippen molar-refractivity contribution in [2.45, 2.75) is 36.6 Å². The number of hydrogen-bond acceptors (Lipinski definition) is 5. The topological polar surface area (TPSA) is 122 Å². The highest BCUT2D eigenvalue weighted by atomic mass is 32.2. The number of nitrogen functional groups attached to an aromatic ring is 1. The van der Waals surface area contributed by atoms with Gasteiger partial charge in [0.05, 0.1) is 10.8 Å². The predicted octanol–water partition coefficient (Wildman–Crippen LogP) is 0.585. The second-order valence-electron chi connectivity index (χ2n) is 4.92. The molecule has 0 unspecified atom stereocenters. The molecule has 8 heteroatoms. The maximum atomic E-state index is 12.2. The third kappa shape index (κ3) is 3.45. The molecular weight excluding hydrogens is 282 g/mol. The van der Waals surface area contributed by atoms with E-state index in [-0.39, 0.29) is 22.7 Å². The molecule has 0 radical (unpaired) electrons. The molecule has 1 aromatic heterocycles. The normalized spacial score (nSPS) is 23.4. The number of nitrogens with one attached hydrogen (secondary N) is 1. The smallest absolute Gasteiger partial charge is 0.306 e. The second kappa shape index (κ2) is 5.76. The fourth-order valence-electron chi connectivity index (χ4n) is 2.34. The first-order valence-electron chi connectivity index (χ1n) is 6.35. The van der Waals surface area contributed by atoms with Crippen LogP contribution in [0.5, 0.6) is 0 Å². The van der Waals surface area contributed by atoms with Crippen molar-refractivity contribution in [1.82, 2.24) is 9.71 Å². The average Bonchev–Trinajstić information content (AvgIpc) is 2.39. The van der Waals surface area contributed by atoms with Crippen LogP contribution in [0.1, 0.15) is 25.7 Å². The summed E-state index contributed by atoms with van der Waals surface area (Å²) in [4.78, 5) is 14.7. The standard InChI is InChI=1S/C12H17N3O4S/c13-11-7-10(5-6-14-11)20(18,19)15-9-3-1-8(2-4-9)12(16)17/h5-9,15H,1-4H2,(H2,13,14)(H,16,17). The van der Waals surface area contributed by atoms with Crippen molar-refractivity contribution < 1.29 is 18.3 Å². The van der Waals surface area contributed by atoms with Crippen molar-refractivity contribution in [2.24, 2.45) is 5.92 Å². The number of carbonyl (C=O) groups is 1. The molecule has 7 nitrogen and oxygen atoms in total. The predicted molar refractivity (Wildman–Crippen MR) is 72.4 cm³/mol. The number of rotatable bonds is 4. The Balaban J connectivity index is 2.02. The Kier molecular flexibility index (Phi) is 4.24. The molecule has 0 amide bonds. The molecule has 1 aliphatic rings. The zero-order valence-electron chi connectivity index (χ0n) is 10.8. The van der Waals surface area contributed by atoms with Crippen LogP contribution in [0.15, 0.2) is 23.2 Å². The number of aliphatic carboxylic acids is 1. The van der Waals surface area contributed by atoms with Gasteiger partial charge in [0.15, 0.2) is 0 Å². The number of anilines is 1. The van der Waals surface area contributed by atoms with Crippen LogP contribution in [0, 0.1) is 5.92 Å². The van der Waals surface area contributed by atoms with Crippen LogP contribution < -0.4 is 10.5 Å². The molecule has 4 N–H and O–H groups in total. The third-order valence-corrected chi connectivity index (χ3v) is 4.98. The van der Waals surface area contributed by atoms with Crippen LogP contribution >= 0.6 is 0 Å². The Morgan fingerprint density at radius 2 is 2.00 bits per heavy atom. The molecule has 1 aromatic rings. The summed E-state index contributed by atoms with van der Waals surface area (Å²) in [5, 5.41) is 8.91. The van der Waals surface area contributed by atoms with Gasteiger partial charge in [-0.1, -0.05) is 0 Å². The van der Waals surface area contributed by atoms with E-state index in [2.05, 4.69) is 9.71 Å². The van der Waals surface area contributed by atoms with E-state index in [1.165, 1.54) is 18.3 Å². The van der Waals surface area contributed by atoms with Gasteiger partial charge in [0.2, 0.25) is 10.0 Å². The van der Waals surface area contributed by atoms with Gasteiger partial charge in [0.25, 0.3) is 0 Å². The van der Waals surface area contributed by atoms with Crippen LogP contribution in [-0.4, -0.2) is 30.5 Å². The summed E-state index contributed by atoms with van der Waals surface area (Å²) in [5.41, 5.74) is 5.47. The summed E-state index contributed by atoms with van der Waals surface area (Å²) in [6, 6.07) is 2.44. The summed E-state index contributed by atoms with van der Waals surface area (Å²) >= 11 is 0. The lowest BCUT2D eigenvalue weighted by Crippen LogP contribution is -2.38. The first-order chi connectivity index (χ1) is 9.38. The van der Waals surface area contributed by atoms with Crippen LogP contribution in [0.25, 0.3) is 0 Å². The zero-order chi connectivity index (χ0) is 14.8. The molecule has 110 valence electrons. The molecular formula is C12H17N3O4S. The Bertz CT molecular complexity index is 594. The van der Waals surface area contributed by atoms with Crippen molar-refractivity contribution in [3.05, 3.63) is 18.3 Å². The Labute approximate surface area is 117 Å². The maximum Gasteiger partial charge on any atom is 0.306 e. The van der Waals surface area contributed by atoms with Crippen molar-refractivity contribution in [1.29, 1.82) is 0 Å². The summed E-state index contributed by atoms with van der Waals surface area (Å²) in [6.07, 6.45) is 3.36. The fourth-order valence-corrected chi connectivity index (χ4v) is 3.67. The number of carboxylic acids is 1. The van der Waals surface area contributed by atoms with E-state index < -0.39 is 16.0 Å². The van der Waals surface area contributed by atoms with E-state index in [4.69, 9.17) is 10.8 Å². The highest BCUT2D eigenvalue weighted by Crippen LogP contribution is 2.25. The van der Waals surface area contributed by atoms with Gasteiger partial charge in [-0.2, -0.15) is 0 Å². The first-order valence-corrected chi connectivity index (χ1v) is 7.83. The highest BCUT2D eigenvalue weighted by molar-refractivity contribution is 7.89. The van der Waals surface area contributed by atoms with Crippen molar-refractivity contribution in [2.75, 3.05) is 5.73 Å². The quantitative estimate of drug-likeness (QED) is 0.747. The minimum absolute atomic E-state index is 0.0744. The van der Waals surface area contributed by atoms with Gasteiger partial charge < -0.3 is 10.8 Å². The fraction of sp³-hybridized carbons (Fsp3) is 0.500. The van der Waals surface area contributed by atoms with Gasteiger partial charge in [0.1, 0.15) is 5.82 Å². The lowest BCUT2D eigenvalue weighted by Gasteiger charge is -2.26. The van der Waals surface area contributed by atoms with E-state index in [9.17, 15) is 13.2 Å². The largest absolute Gasteiger partial charge is 0.481 e. The summed E-state index contributed by atoms with van der Waals surface area (Å²) in [7, 11) is -3.64. The number of carboxylic acid groups (broad SMARTS) is 1. The molecule has 0 saturated heterocycles. The van der Waals surface area contributed by atoms with E-state index in [1.807, 2.05) is 0 Å². The third-order valence-electron chi connectivity index (χ3n) is 3.46. The summed E-state index contributed by atoms with van der Waals surface area (Å²) in [6.45, 7) is 0. The molecule has 1 heterocycles. The second-order valence-corrected chi connectivity index (χ2v) is 6.64. The monoisotopic (exact) mass is 299 g/mol. The Morgan fingerprint density at radius 1 is 1.35 bits per heavy atom. The summed E-state index contributed by atoms with van der Waals surface area (Å²) in [5.74, 6) is -1.04. The minimum Gasteiger partial charge on any atom is -0.481 e. The Hall–Kier alpha value is -1.67. The molecule has 1 saturated carbocycles. The van der Waals surface area contributed by atoms with Gasteiger partial charge in [0, 0.05) is 18.3 Å². The van der Waals surface area contributed by atoms with Crippen molar-refractivity contribution in [3.63, 3.8) is 0 Å². The number of pyridine rings is 1. The SMILES string of the molecule is Nc1cc(S(=O)(=O)NC2CCC(C(=O)O)CC2)ccn1. The van der Waals surface area contributed by atoms with Crippen LogP contribution in [0.4, 0.5) is 5.82 Å². The van der Waals surface area contributed by atoms with E-state index in [1.54, 1.807) is 0 Å². The number of sulfonamides is 1. The highest BCUT2D eigenvalue weighted by Gasteiger charge is 2.28. The molecule has 0 bridgehead atoms. The Morgan fingerprint density at radius 3 is 2.55 bits per heavy atom. The van der Waals surface area contributed by atoms with Gasteiger partial charge in [-0.05, 0) is 31.7 Å². The van der Waals surface area contributed by atoms with Gasteiger partial charge in [-0.3, -0.25) is 4.79 Å². The maximum absolute atomic E-state index is 12.2. The van der Waals surface area contributed by atoms with Gasteiger partial charge in [-0.25, -0.2) is 18.1 Å². The number of nitrogens with zero attached hydrogens (tertiary/aromatic N) is 1. The molecule has 20 heavy (non-hydrogen) atoms. The number of hydrogen-bond donors (Lipinski definition) is 3. The minimum atomic E-state index is -3.64. The first kappa shape index (κ1) is 14.7. The van der Waals surface area contributed by atoms with Crippen LogP contribution in [0.2, 0.25) is 0 Å². The number of aromatic nitrogens is 1. The molecule has 0 atom stereocenters. The van der Waals surface area contributed by atoms with Crippen molar-refractivity contribution in [3.8, 4) is 0 Å². The molecule has 0 aromatic carbocycles. The molecule has 0 aliphatic heterocycles. The molecule has 1 aliphatic carbocycles. The summed E-state index contributed by atoms with van der Waals surface area (Å²) < 4.78 is 26.9. The van der Waals surface area contributed by atoms with E-state index in [0.29, 0.717) is 25.7 Å². The lowest BCUT2D eigenvalue weighted by molar-refractivity contribution is -0.142. The van der Waals surface area contributed by atoms with Gasteiger partial charge >= 0.3 is 5.97 Å². The molecule has 1 fully saturated rings. The van der Waals surface area contributed by atoms with Crippen LogP contribution in [-0.2, 0) is 14.8 Å². The molecule has 2 rings (SSSR count). The number of nitrogens with two attached hydrogens (primary N) is 1. The zero-order valence-corrected chi connectivity index (χ0v) is 11.6. The average molecular weight is 299 g/mol. The van der Waals surface area contributed by atoms with Crippen molar-refractivity contribution >= 4 is 21.8 Å². The van der Waals surface area contributed by atoms with E-state index in [0.717, 1.165) is 0 Å². The molecule has 0 spiro atoms. The van der Waals surface area contributed by atoms with Crippen LogP contribution in [0.3, 0.4) is 0 Å². The van der Waals surface area contributed by atoms with E-state index >= 15 is 0 Å².